The molecule has 228 valence electrons. The minimum atomic E-state index is -4.59. The van der Waals surface area contributed by atoms with E-state index >= 15 is 0 Å². The van der Waals surface area contributed by atoms with E-state index in [1.165, 1.54) is 33.1 Å². The van der Waals surface area contributed by atoms with E-state index in [9.17, 15) is 27.4 Å². The van der Waals surface area contributed by atoms with Gasteiger partial charge in [-0.3, -0.25) is 23.6 Å². The highest BCUT2D eigenvalue weighted by atomic mass is 32.2. The molecule has 0 bridgehead atoms. The number of nitrogens with one attached hydrogen (secondary N) is 1. The van der Waals surface area contributed by atoms with E-state index in [4.69, 9.17) is 9.47 Å². The minimum absolute atomic E-state index is 0. The summed E-state index contributed by atoms with van der Waals surface area (Å²) >= 11 is 0. The number of benzene rings is 2. The molecule has 2 aromatic rings. The van der Waals surface area contributed by atoms with Crippen molar-refractivity contribution in [1.82, 2.24) is 0 Å². The predicted octanol–water partition coefficient (Wildman–Crippen LogP) is 6.50. The van der Waals surface area contributed by atoms with Gasteiger partial charge in [-0.05, 0) is 38.1 Å². The molecule has 2 atom stereocenters. The van der Waals surface area contributed by atoms with Gasteiger partial charge >= 0.3 is 0 Å². The smallest absolute Gasteiger partial charge is 0.297 e. The van der Waals surface area contributed by atoms with Crippen LogP contribution in [0.1, 0.15) is 76.7 Å². The van der Waals surface area contributed by atoms with Gasteiger partial charge in [0, 0.05) is 19.6 Å². The van der Waals surface area contributed by atoms with Crippen LogP contribution in [0.5, 0.6) is 0 Å². The van der Waals surface area contributed by atoms with Gasteiger partial charge in [-0.2, -0.15) is 8.42 Å². The third kappa shape index (κ3) is 12.3. The van der Waals surface area contributed by atoms with Gasteiger partial charge in [0.05, 0.1) is 12.1 Å². The molecular weight excluding hydrogens is 529 g/mol. The molecule has 0 fully saturated rings. The molecule has 2 N–H and O–H groups in total. The van der Waals surface area contributed by atoms with Crippen molar-refractivity contribution in [2.24, 2.45) is 0 Å². The van der Waals surface area contributed by atoms with E-state index in [2.05, 4.69) is 5.32 Å². The average Bonchev–Trinajstić information content (AvgIpc) is 2.77. The second-order valence-corrected chi connectivity index (χ2v) is 9.07. The summed E-state index contributed by atoms with van der Waals surface area (Å²) in [5.74, 6) is -0.787. The number of amides is 1. The van der Waals surface area contributed by atoms with E-state index in [0.29, 0.717) is 5.39 Å². The Morgan fingerprint density at radius 2 is 1.51 bits per heavy atom. The van der Waals surface area contributed by atoms with Crippen LogP contribution in [0.3, 0.4) is 0 Å². The maximum absolute atomic E-state index is 12.4. The van der Waals surface area contributed by atoms with E-state index in [1.54, 1.807) is 38.3 Å². The lowest BCUT2D eigenvalue weighted by molar-refractivity contribution is -0.144. The third-order valence-electron chi connectivity index (χ3n) is 5.57. The first-order valence-corrected chi connectivity index (χ1v) is 12.2. The second-order valence-electron chi connectivity index (χ2n) is 7.71. The van der Waals surface area contributed by atoms with Crippen LogP contribution in [0.15, 0.2) is 41.3 Å². The van der Waals surface area contributed by atoms with E-state index in [1.807, 2.05) is 6.92 Å². The van der Waals surface area contributed by atoms with Crippen LogP contribution in [0, 0.1) is 0 Å². The van der Waals surface area contributed by atoms with Crippen LogP contribution in [0.4, 0.5) is 10.4 Å². The maximum Gasteiger partial charge on any atom is 0.297 e. The molecule has 2 aromatic carbocycles. The molecule has 1 amide bonds. The minimum Gasteiger partial charge on any atom is -0.374 e. The number of ketones is 2. The molecule has 0 saturated carbocycles. The lowest BCUT2D eigenvalue weighted by Gasteiger charge is -2.27. The van der Waals surface area contributed by atoms with E-state index in [-0.39, 0.29) is 80.9 Å². The monoisotopic (exact) mass is 579 g/mol. The van der Waals surface area contributed by atoms with Gasteiger partial charge in [0.15, 0.2) is 11.6 Å². The first kappa shape index (κ1) is 46.1. The maximum atomic E-state index is 12.4. The van der Waals surface area contributed by atoms with E-state index in [0.717, 1.165) is 6.42 Å². The first-order chi connectivity index (χ1) is 15.9. The van der Waals surface area contributed by atoms with Gasteiger partial charge in [0.2, 0.25) is 5.91 Å². The van der Waals surface area contributed by atoms with Crippen LogP contribution in [-0.4, -0.2) is 56.4 Å². The number of methoxy groups -OCH3 is 2. The third-order valence-corrected chi connectivity index (χ3v) is 6.53. The van der Waals surface area contributed by atoms with Gasteiger partial charge < -0.3 is 14.8 Å². The van der Waals surface area contributed by atoms with Gasteiger partial charge in [-0.1, -0.05) is 73.9 Å². The van der Waals surface area contributed by atoms with Gasteiger partial charge in [-0.25, -0.2) is 0 Å². The molecule has 0 radical (unpaired) electrons. The zero-order valence-corrected chi connectivity index (χ0v) is 21.6. The van der Waals surface area contributed by atoms with Gasteiger partial charge in [0.1, 0.15) is 16.6 Å². The fraction of sp³-hybridized carbons (Fsp3) is 0.536. The molecule has 11 heteroatoms. The summed E-state index contributed by atoms with van der Waals surface area (Å²) in [5.41, 5.74) is -1.33. The number of ether oxygens (including phenoxy) is 2. The Bertz CT molecular complexity index is 1130. The van der Waals surface area contributed by atoms with Crippen LogP contribution in [0.2, 0.25) is 0 Å². The molecule has 0 saturated heterocycles. The van der Waals surface area contributed by atoms with Crippen LogP contribution in [0.25, 0.3) is 10.8 Å². The Balaban J connectivity index is -0.000000261. The number of hydrogen-bond acceptors (Lipinski definition) is 7. The summed E-state index contributed by atoms with van der Waals surface area (Å²) in [6.07, 6.45) is 0.601. The molecule has 0 aliphatic rings. The van der Waals surface area contributed by atoms with Crippen molar-refractivity contribution in [3.8, 4) is 0 Å². The highest BCUT2D eigenvalue weighted by Gasteiger charge is 2.36. The number of rotatable bonds is 10. The number of hydrogen-bond donors (Lipinski definition) is 2. The Kier molecular flexibility index (Phi) is 23.9. The number of anilines is 1. The highest BCUT2D eigenvalue weighted by Crippen LogP contribution is 2.31. The average molecular weight is 580 g/mol. The number of carbonyl (C=O) groups is 3. The number of halogens is 1. The molecule has 9 nitrogen and oxygen atoms in total. The summed E-state index contributed by atoms with van der Waals surface area (Å²) in [6, 6.07) is 9.62. The summed E-state index contributed by atoms with van der Waals surface area (Å²) in [5, 5.41) is 3.36. The quantitative estimate of drug-likeness (QED) is 0.305. The van der Waals surface area contributed by atoms with Crippen molar-refractivity contribution < 1.29 is 41.5 Å². The fourth-order valence-corrected chi connectivity index (χ4v) is 4.41. The number of fused-ring (bicyclic) bond motifs is 1. The Hall–Kier alpha value is -2.73. The van der Waals surface area contributed by atoms with Crippen molar-refractivity contribution in [1.29, 1.82) is 0 Å². The molecule has 0 spiro atoms. The summed E-state index contributed by atoms with van der Waals surface area (Å²) < 4.78 is 43.5. The van der Waals surface area contributed by atoms with Gasteiger partial charge in [0.25, 0.3) is 10.1 Å². The Morgan fingerprint density at radius 1 is 0.974 bits per heavy atom. The summed E-state index contributed by atoms with van der Waals surface area (Å²) in [7, 11) is -1.69. The van der Waals surface area contributed by atoms with Crippen molar-refractivity contribution in [2.75, 3.05) is 19.5 Å². The molecule has 0 aliphatic heterocycles. The number of Topliss-reactive ketones (excluding diaryl/α,β-unsaturated/α-hetero) is 2. The van der Waals surface area contributed by atoms with Crippen molar-refractivity contribution in [3.63, 3.8) is 0 Å². The summed E-state index contributed by atoms with van der Waals surface area (Å²) in [6.45, 7) is 6.52. The van der Waals surface area contributed by atoms with Crippen LogP contribution < -0.4 is 5.32 Å². The predicted molar refractivity (Wildman–Crippen MR) is 159 cm³/mol. The molecule has 2 unspecified atom stereocenters. The van der Waals surface area contributed by atoms with E-state index < -0.39 is 21.6 Å². The van der Waals surface area contributed by atoms with Crippen LogP contribution >= 0.6 is 0 Å². The molecule has 0 aliphatic carbocycles. The normalized spacial score (nSPS) is 12.1. The molecule has 0 aromatic heterocycles. The number of carbonyl (C=O) groups excluding carboxylic acids is 3. The topological polar surface area (TPSA) is 136 Å². The molecule has 39 heavy (non-hydrogen) atoms. The largest absolute Gasteiger partial charge is 0.374 e. The fourth-order valence-electron chi connectivity index (χ4n) is 3.55. The SMILES string of the molecule is C.C.C.C.CCC(CC(=O)Nc1ccc2ccccc2c1S(=O)(=O)O)(OC)C(C)=O.CCC(OC)C(C)=O.F. The standard InChI is InChI=1S/C18H21NO6S.C6H12O2.4CH4.FH/c1-4-18(25-3,12(2)20)11-16(21)19-15-10-9-13-7-5-6-8-14(13)17(15)26(22,23)24;1-4-6(8-3)5(2)7;;;;;/h5-10H,4,11H2,1-3H3,(H,19,21)(H,22,23,24);6H,4H2,1-3H3;4*1H4;1H. The van der Waals surface area contributed by atoms with Crippen LogP contribution in [-0.2, 0) is 34.0 Å². The zero-order chi connectivity index (χ0) is 26.1. The Morgan fingerprint density at radius 3 is 1.87 bits per heavy atom. The highest BCUT2D eigenvalue weighted by molar-refractivity contribution is 7.86. The van der Waals surface area contributed by atoms with Crippen molar-refractivity contribution in [2.45, 2.75) is 93.3 Å². The molecule has 2 rings (SSSR count). The summed E-state index contributed by atoms with van der Waals surface area (Å²) in [4.78, 5) is 34.4. The first-order valence-electron chi connectivity index (χ1n) is 10.7. The van der Waals surface area contributed by atoms with Gasteiger partial charge in [-0.15, -0.1) is 0 Å². The van der Waals surface area contributed by atoms with Crippen molar-refractivity contribution >= 4 is 44.1 Å². The second kappa shape index (κ2) is 20.2. The molecule has 0 heterocycles. The van der Waals surface area contributed by atoms with Crippen molar-refractivity contribution in [3.05, 3.63) is 36.4 Å². The lowest BCUT2D eigenvalue weighted by Crippen LogP contribution is -2.42. The lowest BCUT2D eigenvalue weighted by atomic mass is 9.91. The molecular formula is C28H50FNO8S. The zero-order valence-electron chi connectivity index (χ0n) is 20.8. The Labute approximate surface area is 234 Å².